The molecule has 0 bridgehead atoms. The first-order valence-corrected chi connectivity index (χ1v) is 7.44. The maximum atomic E-state index is 14.1. The molecule has 4 nitrogen and oxygen atoms in total. The van der Waals surface area contributed by atoms with Gasteiger partial charge in [0.1, 0.15) is 6.61 Å². The van der Waals surface area contributed by atoms with Gasteiger partial charge in [-0.25, -0.2) is 4.39 Å². The van der Waals surface area contributed by atoms with Crippen LogP contribution in [0.25, 0.3) is 10.9 Å². The normalized spacial score (nSPS) is 15.4. The fraction of sp³-hybridized carbons (Fsp3) is 0.500. The molecule has 1 aliphatic heterocycles. The van der Waals surface area contributed by atoms with Crippen molar-refractivity contribution in [1.29, 1.82) is 0 Å². The molecule has 1 unspecified atom stereocenters. The Kier molecular flexibility index (Phi) is 3.87. The summed E-state index contributed by atoms with van der Waals surface area (Å²) in [6.45, 7) is 2.88. The quantitative estimate of drug-likeness (QED) is 0.886. The number of rotatable bonds is 5. The second-order valence-electron chi connectivity index (χ2n) is 5.73. The van der Waals surface area contributed by atoms with Gasteiger partial charge in [-0.15, -0.1) is 0 Å². The van der Waals surface area contributed by atoms with Crippen molar-refractivity contribution in [2.75, 3.05) is 13.2 Å². The largest absolute Gasteiger partial charge is 0.488 e. The average Bonchev–Trinajstić information content (AvgIpc) is 3.00. The number of hydrogen-bond acceptors (Lipinski definition) is 3. The zero-order valence-electron chi connectivity index (χ0n) is 12.2. The van der Waals surface area contributed by atoms with Crippen LogP contribution in [0.2, 0.25) is 0 Å². The van der Waals surface area contributed by atoms with Crippen LogP contribution < -0.4 is 10.5 Å². The van der Waals surface area contributed by atoms with Gasteiger partial charge < -0.3 is 20.1 Å². The predicted octanol–water partition coefficient (Wildman–Crippen LogP) is 1.99. The first kappa shape index (κ1) is 14.4. The van der Waals surface area contributed by atoms with Crippen molar-refractivity contribution < 1.29 is 14.2 Å². The van der Waals surface area contributed by atoms with E-state index in [-0.39, 0.29) is 30.8 Å². The van der Waals surface area contributed by atoms with Crippen molar-refractivity contribution in [3.63, 3.8) is 0 Å². The SMILES string of the molecule is CC(N)Cc1c2n(c3cc(F)c(OCCO)cc13)CCC2. The summed E-state index contributed by atoms with van der Waals surface area (Å²) in [6, 6.07) is 3.36. The molecule has 1 aromatic carbocycles. The molecule has 114 valence electrons. The van der Waals surface area contributed by atoms with Crippen molar-refractivity contribution in [3.8, 4) is 5.75 Å². The Morgan fingerprint density at radius 3 is 3.00 bits per heavy atom. The molecule has 0 saturated heterocycles. The number of ether oxygens (including phenoxy) is 1. The minimum Gasteiger partial charge on any atom is -0.488 e. The van der Waals surface area contributed by atoms with Crippen LogP contribution in [0.15, 0.2) is 12.1 Å². The summed E-state index contributed by atoms with van der Waals surface area (Å²) in [5, 5.41) is 9.86. The topological polar surface area (TPSA) is 60.4 Å². The van der Waals surface area contributed by atoms with E-state index in [1.165, 1.54) is 11.3 Å². The summed E-state index contributed by atoms with van der Waals surface area (Å²) in [6.07, 6.45) is 2.90. The number of hydrogen-bond donors (Lipinski definition) is 2. The Morgan fingerprint density at radius 2 is 2.29 bits per heavy atom. The van der Waals surface area contributed by atoms with Crippen LogP contribution in [-0.2, 0) is 19.4 Å². The highest BCUT2D eigenvalue weighted by atomic mass is 19.1. The molecule has 0 aliphatic carbocycles. The van der Waals surface area contributed by atoms with Gasteiger partial charge in [0.25, 0.3) is 0 Å². The second kappa shape index (κ2) is 5.66. The van der Waals surface area contributed by atoms with Gasteiger partial charge in [-0.2, -0.15) is 0 Å². The van der Waals surface area contributed by atoms with Gasteiger partial charge in [0, 0.05) is 29.7 Å². The van der Waals surface area contributed by atoms with E-state index < -0.39 is 0 Å². The lowest BCUT2D eigenvalue weighted by Crippen LogP contribution is -2.18. The third-order valence-electron chi connectivity index (χ3n) is 4.01. The number of fused-ring (bicyclic) bond motifs is 3. The summed E-state index contributed by atoms with van der Waals surface area (Å²) in [5.74, 6) is -0.178. The average molecular weight is 292 g/mol. The highest BCUT2D eigenvalue weighted by Crippen LogP contribution is 2.35. The highest BCUT2D eigenvalue weighted by molar-refractivity contribution is 5.87. The lowest BCUT2D eigenvalue weighted by molar-refractivity contribution is 0.196. The maximum Gasteiger partial charge on any atom is 0.167 e. The van der Waals surface area contributed by atoms with Crippen LogP contribution in [-0.4, -0.2) is 28.9 Å². The summed E-state index contributed by atoms with van der Waals surface area (Å²) >= 11 is 0. The molecule has 3 rings (SSSR count). The van der Waals surface area contributed by atoms with E-state index in [4.69, 9.17) is 15.6 Å². The summed E-state index contributed by atoms with van der Waals surface area (Å²) in [7, 11) is 0. The molecule has 3 N–H and O–H groups in total. The summed E-state index contributed by atoms with van der Waals surface area (Å²) in [4.78, 5) is 0. The van der Waals surface area contributed by atoms with Crippen molar-refractivity contribution in [1.82, 2.24) is 4.57 Å². The van der Waals surface area contributed by atoms with Gasteiger partial charge in [-0.05, 0) is 37.8 Å². The molecule has 1 aliphatic rings. The first-order chi connectivity index (χ1) is 10.1. The minimum atomic E-state index is -0.379. The maximum absolute atomic E-state index is 14.1. The molecule has 0 fully saturated rings. The van der Waals surface area contributed by atoms with Crippen LogP contribution in [0.5, 0.6) is 5.75 Å². The Balaban J connectivity index is 2.14. The molecule has 2 heterocycles. The van der Waals surface area contributed by atoms with Gasteiger partial charge in [0.05, 0.1) is 12.1 Å². The number of benzene rings is 1. The molecular formula is C16H21FN2O2. The van der Waals surface area contributed by atoms with Crippen molar-refractivity contribution in [2.24, 2.45) is 5.73 Å². The molecule has 0 spiro atoms. The fourth-order valence-corrected chi connectivity index (χ4v) is 3.23. The van der Waals surface area contributed by atoms with Crippen LogP contribution in [0.3, 0.4) is 0 Å². The van der Waals surface area contributed by atoms with Crippen LogP contribution in [0, 0.1) is 5.82 Å². The smallest absolute Gasteiger partial charge is 0.167 e. The van der Waals surface area contributed by atoms with Gasteiger partial charge in [0.2, 0.25) is 0 Å². The molecule has 21 heavy (non-hydrogen) atoms. The molecule has 5 heteroatoms. The standard InChI is InChI=1S/C16H21FN2O2/c1-10(18)7-11-12-8-16(21-6-5-20)13(17)9-15(12)19-4-2-3-14(11)19/h8-10,20H,2-7,18H2,1H3. The first-order valence-electron chi connectivity index (χ1n) is 7.44. The zero-order valence-corrected chi connectivity index (χ0v) is 12.2. The lowest BCUT2D eigenvalue weighted by Gasteiger charge is -2.09. The van der Waals surface area contributed by atoms with E-state index in [1.54, 1.807) is 12.1 Å². The molecular weight excluding hydrogens is 271 g/mol. The van der Waals surface area contributed by atoms with Crippen molar-refractivity contribution in [2.45, 2.75) is 38.8 Å². The number of aliphatic hydroxyl groups is 1. The van der Waals surface area contributed by atoms with Crippen LogP contribution in [0.4, 0.5) is 4.39 Å². The molecule has 0 amide bonds. The number of aromatic nitrogens is 1. The van der Waals surface area contributed by atoms with Crippen LogP contribution >= 0.6 is 0 Å². The number of aryl methyl sites for hydroxylation is 1. The minimum absolute atomic E-state index is 0.0627. The van der Waals surface area contributed by atoms with Crippen LogP contribution in [0.1, 0.15) is 24.6 Å². The Morgan fingerprint density at radius 1 is 1.48 bits per heavy atom. The van der Waals surface area contributed by atoms with E-state index in [9.17, 15) is 4.39 Å². The molecule has 0 radical (unpaired) electrons. The Hall–Kier alpha value is -1.59. The zero-order chi connectivity index (χ0) is 15.0. The Bertz CT molecular complexity index is 664. The van der Waals surface area contributed by atoms with E-state index in [2.05, 4.69) is 4.57 Å². The van der Waals surface area contributed by atoms with E-state index in [0.717, 1.165) is 36.7 Å². The van der Waals surface area contributed by atoms with E-state index in [0.29, 0.717) is 0 Å². The van der Waals surface area contributed by atoms with E-state index in [1.807, 2.05) is 6.92 Å². The van der Waals surface area contributed by atoms with Gasteiger partial charge in [-0.3, -0.25) is 0 Å². The molecule has 0 saturated carbocycles. The molecule has 2 aromatic rings. The van der Waals surface area contributed by atoms with E-state index >= 15 is 0 Å². The molecule has 1 aromatic heterocycles. The number of nitrogens with two attached hydrogens (primary N) is 1. The van der Waals surface area contributed by atoms with Crippen molar-refractivity contribution in [3.05, 3.63) is 29.2 Å². The monoisotopic (exact) mass is 292 g/mol. The predicted molar refractivity (Wildman–Crippen MR) is 80.2 cm³/mol. The van der Waals surface area contributed by atoms with Gasteiger partial charge >= 0.3 is 0 Å². The third-order valence-corrected chi connectivity index (χ3v) is 4.01. The second-order valence-corrected chi connectivity index (χ2v) is 5.73. The Labute approximate surface area is 123 Å². The number of nitrogens with zero attached hydrogens (tertiary/aromatic N) is 1. The fourth-order valence-electron chi connectivity index (χ4n) is 3.23. The number of halogens is 1. The van der Waals surface area contributed by atoms with Crippen molar-refractivity contribution >= 4 is 10.9 Å². The molecule has 1 atom stereocenters. The van der Waals surface area contributed by atoms with Gasteiger partial charge in [-0.1, -0.05) is 0 Å². The highest BCUT2D eigenvalue weighted by Gasteiger charge is 2.23. The third kappa shape index (κ3) is 2.51. The summed E-state index contributed by atoms with van der Waals surface area (Å²) in [5.41, 5.74) is 9.39. The number of aliphatic hydroxyl groups excluding tert-OH is 1. The summed E-state index contributed by atoms with van der Waals surface area (Å²) < 4.78 is 21.6. The lowest BCUT2D eigenvalue weighted by atomic mass is 10.0. The van der Waals surface area contributed by atoms with Gasteiger partial charge in [0.15, 0.2) is 11.6 Å².